The molecular formula is C14H21NO4. The molecule has 0 fully saturated rings. The molecule has 0 spiro atoms. The maximum Gasteiger partial charge on any atom is 0.339 e. The van der Waals surface area contributed by atoms with Gasteiger partial charge in [0.15, 0.2) is 0 Å². The van der Waals surface area contributed by atoms with Crippen molar-refractivity contribution in [2.24, 2.45) is 0 Å². The number of aromatic carboxylic acids is 1. The number of carboxylic acid groups (broad SMARTS) is 1. The van der Waals surface area contributed by atoms with Gasteiger partial charge in [0.1, 0.15) is 17.9 Å². The lowest BCUT2D eigenvalue weighted by atomic mass is 10.1. The number of rotatable bonds is 8. The van der Waals surface area contributed by atoms with Crippen molar-refractivity contribution in [3.63, 3.8) is 0 Å². The third kappa shape index (κ3) is 5.28. The second-order valence-corrected chi connectivity index (χ2v) is 4.79. The Bertz CT molecular complexity index is 418. The van der Waals surface area contributed by atoms with Crippen LogP contribution in [0.1, 0.15) is 24.2 Å². The van der Waals surface area contributed by atoms with Gasteiger partial charge in [-0.25, -0.2) is 4.79 Å². The van der Waals surface area contributed by atoms with Crippen LogP contribution in [0.4, 0.5) is 0 Å². The Morgan fingerprint density at radius 2 is 2.05 bits per heavy atom. The summed E-state index contributed by atoms with van der Waals surface area (Å²) in [4.78, 5) is 11.0. The number of benzene rings is 1. The highest BCUT2D eigenvalue weighted by Gasteiger charge is 2.15. The number of methoxy groups -OCH3 is 1. The van der Waals surface area contributed by atoms with Crippen molar-refractivity contribution < 1.29 is 19.4 Å². The average molecular weight is 267 g/mol. The third-order valence-corrected chi connectivity index (χ3v) is 2.76. The zero-order valence-corrected chi connectivity index (χ0v) is 11.6. The van der Waals surface area contributed by atoms with Crippen LogP contribution in [0, 0.1) is 0 Å². The highest BCUT2D eigenvalue weighted by molar-refractivity contribution is 5.90. The number of nitrogens with one attached hydrogen (secondary N) is 1. The minimum atomic E-state index is -0.982. The van der Waals surface area contributed by atoms with Crippen LogP contribution in [0.15, 0.2) is 24.3 Å². The molecule has 5 nitrogen and oxygen atoms in total. The van der Waals surface area contributed by atoms with Gasteiger partial charge < -0.3 is 19.9 Å². The predicted octanol–water partition coefficient (Wildman–Crippen LogP) is 1.78. The van der Waals surface area contributed by atoms with Crippen LogP contribution in [0.5, 0.6) is 5.75 Å². The lowest BCUT2D eigenvalue weighted by Gasteiger charge is -2.23. The highest BCUT2D eigenvalue weighted by atomic mass is 16.5. The van der Waals surface area contributed by atoms with Gasteiger partial charge in [0.05, 0.1) is 5.60 Å². The van der Waals surface area contributed by atoms with Gasteiger partial charge in [0.2, 0.25) is 0 Å². The molecule has 0 saturated carbocycles. The lowest BCUT2D eigenvalue weighted by Crippen LogP contribution is -2.38. The van der Waals surface area contributed by atoms with Gasteiger partial charge in [-0.2, -0.15) is 0 Å². The minimum absolute atomic E-state index is 0.180. The Morgan fingerprint density at radius 1 is 1.37 bits per heavy atom. The first-order valence-electron chi connectivity index (χ1n) is 6.17. The van der Waals surface area contributed by atoms with Crippen LogP contribution in [-0.4, -0.2) is 43.5 Å². The molecule has 2 N–H and O–H groups in total. The number of carboxylic acids is 1. The van der Waals surface area contributed by atoms with E-state index in [9.17, 15) is 4.79 Å². The molecule has 0 unspecified atom stereocenters. The minimum Gasteiger partial charge on any atom is -0.491 e. The zero-order valence-electron chi connectivity index (χ0n) is 11.6. The molecule has 0 bridgehead atoms. The average Bonchev–Trinajstić information content (AvgIpc) is 2.38. The van der Waals surface area contributed by atoms with Crippen molar-refractivity contribution in [3.8, 4) is 5.75 Å². The van der Waals surface area contributed by atoms with Crippen LogP contribution in [-0.2, 0) is 4.74 Å². The van der Waals surface area contributed by atoms with Gasteiger partial charge in [-0.3, -0.25) is 0 Å². The van der Waals surface area contributed by atoms with Crippen LogP contribution < -0.4 is 10.1 Å². The first-order chi connectivity index (χ1) is 8.96. The van der Waals surface area contributed by atoms with Gasteiger partial charge >= 0.3 is 5.97 Å². The van der Waals surface area contributed by atoms with Crippen LogP contribution in [0.25, 0.3) is 0 Å². The van der Waals surface area contributed by atoms with E-state index >= 15 is 0 Å². The van der Waals surface area contributed by atoms with Crippen molar-refractivity contribution in [3.05, 3.63) is 29.8 Å². The van der Waals surface area contributed by atoms with Crippen LogP contribution in [0.2, 0.25) is 0 Å². The topological polar surface area (TPSA) is 67.8 Å². The van der Waals surface area contributed by atoms with Gasteiger partial charge in [0, 0.05) is 20.2 Å². The molecule has 0 atom stereocenters. The standard InChI is InChI=1S/C14H21NO4/c1-14(2,18-3)10-15-8-9-19-12-7-5-4-6-11(12)13(16)17/h4-7,15H,8-10H2,1-3H3,(H,16,17). The molecule has 1 rings (SSSR count). The lowest BCUT2D eigenvalue weighted by molar-refractivity contribution is 0.0229. The summed E-state index contributed by atoms with van der Waals surface area (Å²) >= 11 is 0. The molecule has 1 aromatic carbocycles. The quantitative estimate of drug-likeness (QED) is 0.703. The summed E-state index contributed by atoms with van der Waals surface area (Å²) in [6.07, 6.45) is 0. The zero-order chi connectivity index (χ0) is 14.3. The smallest absolute Gasteiger partial charge is 0.339 e. The molecule has 106 valence electrons. The summed E-state index contributed by atoms with van der Waals surface area (Å²) < 4.78 is 10.7. The molecular weight excluding hydrogens is 246 g/mol. The Hall–Kier alpha value is -1.59. The molecule has 1 aromatic rings. The maximum absolute atomic E-state index is 11.0. The highest BCUT2D eigenvalue weighted by Crippen LogP contribution is 2.17. The van der Waals surface area contributed by atoms with E-state index in [1.54, 1.807) is 25.3 Å². The van der Waals surface area contributed by atoms with E-state index in [-0.39, 0.29) is 11.2 Å². The van der Waals surface area contributed by atoms with E-state index in [1.165, 1.54) is 6.07 Å². The molecule has 0 heterocycles. The van der Waals surface area contributed by atoms with Gasteiger partial charge in [-0.05, 0) is 26.0 Å². The van der Waals surface area contributed by atoms with Crippen LogP contribution in [0.3, 0.4) is 0 Å². The fourth-order valence-electron chi connectivity index (χ4n) is 1.46. The summed E-state index contributed by atoms with van der Waals surface area (Å²) in [5.41, 5.74) is -0.0429. The van der Waals surface area contributed by atoms with Crippen molar-refractivity contribution >= 4 is 5.97 Å². The number of ether oxygens (including phenoxy) is 2. The Kier molecular flexibility index (Phi) is 5.79. The van der Waals surface area contributed by atoms with E-state index in [1.807, 2.05) is 13.8 Å². The van der Waals surface area contributed by atoms with Crippen molar-refractivity contribution in [1.29, 1.82) is 0 Å². The largest absolute Gasteiger partial charge is 0.491 e. The monoisotopic (exact) mass is 267 g/mol. The number of hydrogen-bond donors (Lipinski definition) is 2. The first-order valence-corrected chi connectivity index (χ1v) is 6.17. The molecule has 0 aromatic heterocycles. The van der Waals surface area contributed by atoms with E-state index < -0.39 is 5.97 Å². The predicted molar refractivity (Wildman–Crippen MR) is 72.9 cm³/mol. The van der Waals surface area contributed by atoms with Gasteiger partial charge in [-0.1, -0.05) is 12.1 Å². The Morgan fingerprint density at radius 3 is 2.68 bits per heavy atom. The van der Waals surface area contributed by atoms with E-state index in [4.69, 9.17) is 14.6 Å². The summed E-state index contributed by atoms with van der Waals surface area (Å²) in [6, 6.07) is 6.61. The van der Waals surface area contributed by atoms with E-state index in [0.29, 0.717) is 25.4 Å². The molecule has 5 heteroatoms. The molecule has 0 amide bonds. The first kappa shape index (κ1) is 15.5. The van der Waals surface area contributed by atoms with Crippen LogP contribution >= 0.6 is 0 Å². The molecule has 19 heavy (non-hydrogen) atoms. The molecule has 0 radical (unpaired) electrons. The maximum atomic E-state index is 11.0. The van der Waals surface area contributed by atoms with E-state index in [0.717, 1.165) is 0 Å². The van der Waals surface area contributed by atoms with Crippen molar-refractivity contribution in [1.82, 2.24) is 5.32 Å². The molecule has 0 aliphatic heterocycles. The van der Waals surface area contributed by atoms with Crippen molar-refractivity contribution in [2.45, 2.75) is 19.4 Å². The number of carbonyl (C=O) groups is 1. The number of para-hydroxylation sites is 1. The molecule has 0 saturated heterocycles. The van der Waals surface area contributed by atoms with E-state index in [2.05, 4.69) is 5.32 Å². The van der Waals surface area contributed by atoms with Crippen molar-refractivity contribution in [2.75, 3.05) is 26.8 Å². The normalized spacial score (nSPS) is 11.3. The Balaban J connectivity index is 2.36. The molecule has 0 aliphatic rings. The second-order valence-electron chi connectivity index (χ2n) is 4.79. The van der Waals surface area contributed by atoms with Gasteiger partial charge in [-0.15, -0.1) is 0 Å². The fraction of sp³-hybridized carbons (Fsp3) is 0.500. The summed E-state index contributed by atoms with van der Waals surface area (Å²) in [5.74, 6) is -0.591. The summed E-state index contributed by atoms with van der Waals surface area (Å²) in [5, 5.41) is 12.2. The van der Waals surface area contributed by atoms with Gasteiger partial charge in [0.25, 0.3) is 0 Å². The number of hydrogen-bond acceptors (Lipinski definition) is 4. The Labute approximate surface area is 113 Å². The summed E-state index contributed by atoms with van der Waals surface area (Å²) in [6.45, 7) is 5.71. The second kappa shape index (κ2) is 7.11. The molecule has 0 aliphatic carbocycles. The SMILES string of the molecule is COC(C)(C)CNCCOc1ccccc1C(=O)O. The third-order valence-electron chi connectivity index (χ3n) is 2.76. The summed E-state index contributed by atoms with van der Waals surface area (Å²) in [7, 11) is 1.67. The fourth-order valence-corrected chi connectivity index (χ4v) is 1.46.